The van der Waals surface area contributed by atoms with Crippen molar-refractivity contribution in [3.63, 3.8) is 0 Å². The number of halogens is 2. The lowest BCUT2D eigenvalue weighted by molar-refractivity contribution is -0.126. The predicted molar refractivity (Wildman–Crippen MR) is 103 cm³/mol. The van der Waals surface area contributed by atoms with E-state index >= 15 is 0 Å². The number of hydrogen-bond donors (Lipinski definition) is 0. The number of fused-ring (bicyclic) bond motifs is 1. The van der Waals surface area contributed by atoms with Crippen molar-refractivity contribution in [1.82, 2.24) is 0 Å². The van der Waals surface area contributed by atoms with E-state index in [0.29, 0.717) is 27.8 Å². The highest BCUT2D eigenvalue weighted by Gasteiger charge is 2.57. The number of hydrogen-bond acceptors (Lipinski definition) is 6. The molecule has 0 unspecified atom stereocenters. The first-order chi connectivity index (χ1) is 13.5. The van der Waals surface area contributed by atoms with Crippen molar-refractivity contribution in [3.05, 3.63) is 52.0 Å². The van der Waals surface area contributed by atoms with Gasteiger partial charge in [0.25, 0.3) is 5.91 Å². The number of imide groups is 1. The zero-order valence-corrected chi connectivity index (χ0v) is 16.3. The molecule has 0 radical (unpaired) electrons. The summed E-state index contributed by atoms with van der Waals surface area (Å²) in [5, 5.41) is 4.58. The van der Waals surface area contributed by atoms with Crippen LogP contribution in [0.3, 0.4) is 0 Å². The van der Waals surface area contributed by atoms with Crippen LogP contribution >= 0.6 is 23.2 Å². The molecule has 0 aromatic heterocycles. The van der Waals surface area contributed by atoms with Gasteiger partial charge in [-0.2, -0.15) is 0 Å². The van der Waals surface area contributed by atoms with Gasteiger partial charge in [0, 0.05) is 10.6 Å². The Balaban J connectivity index is 1.76. The Morgan fingerprint density at radius 3 is 2.54 bits per heavy atom. The van der Waals surface area contributed by atoms with Gasteiger partial charge in [0.05, 0.1) is 24.9 Å². The summed E-state index contributed by atoms with van der Waals surface area (Å²) >= 11 is 12.1. The van der Waals surface area contributed by atoms with Gasteiger partial charge in [-0.3, -0.25) is 9.59 Å². The molecular weight excluding hydrogens is 407 g/mol. The minimum Gasteiger partial charge on any atom is -0.493 e. The van der Waals surface area contributed by atoms with Crippen LogP contribution in [-0.2, 0) is 14.4 Å². The molecule has 28 heavy (non-hydrogen) atoms. The third-order valence-electron chi connectivity index (χ3n) is 4.64. The molecule has 2 aliphatic rings. The smallest absolute Gasteiger partial charge is 0.279 e. The first-order valence-corrected chi connectivity index (χ1v) is 9.01. The van der Waals surface area contributed by atoms with E-state index in [2.05, 4.69) is 5.16 Å². The molecule has 2 heterocycles. The van der Waals surface area contributed by atoms with Gasteiger partial charge in [-0.25, -0.2) is 4.90 Å². The van der Waals surface area contributed by atoms with Crippen LogP contribution < -0.4 is 14.4 Å². The minimum absolute atomic E-state index is 0.187. The van der Waals surface area contributed by atoms with Crippen LogP contribution in [0.2, 0.25) is 10.0 Å². The molecule has 1 fully saturated rings. The second kappa shape index (κ2) is 7.00. The van der Waals surface area contributed by atoms with E-state index < -0.39 is 23.8 Å². The van der Waals surface area contributed by atoms with E-state index in [0.717, 1.165) is 4.90 Å². The molecule has 9 heteroatoms. The molecule has 0 spiro atoms. The van der Waals surface area contributed by atoms with Gasteiger partial charge in [-0.15, -0.1) is 0 Å². The fourth-order valence-corrected chi connectivity index (χ4v) is 3.88. The zero-order chi connectivity index (χ0) is 20.0. The normalized spacial score (nSPS) is 20.7. The van der Waals surface area contributed by atoms with Gasteiger partial charge in [0.2, 0.25) is 12.0 Å². The molecule has 7 nitrogen and oxygen atoms in total. The second-order valence-corrected chi connectivity index (χ2v) is 6.97. The second-order valence-electron chi connectivity index (χ2n) is 6.13. The topological polar surface area (TPSA) is 77.4 Å². The molecule has 0 bridgehead atoms. The lowest BCUT2D eigenvalue weighted by Crippen LogP contribution is -2.33. The Morgan fingerprint density at radius 2 is 1.86 bits per heavy atom. The molecule has 2 aromatic carbocycles. The molecule has 1 saturated heterocycles. The average Bonchev–Trinajstić information content (AvgIpc) is 3.22. The molecular formula is C19H14Cl2N2O5. The van der Waals surface area contributed by atoms with Crippen molar-refractivity contribution in [2.75, 3.05) is 19.1 Å². The number of carbonyl (C=O) groups excluding carboxylic acids is 2. The molecule has 2 aliphatic heterocycles. The van der Waals surface area contributed by atoms with E-state index in [9.17, 15) is 9.59 Å². The maximum atomic E-state index is 13.2. The SMILES string of the molecule is COc1cccc(C2=NO[C@@H]3C(=O)N(c4ccc(Cl)cc4Cl)C(=O)[C@@H]23)c1OC. The van der Waals surface area contributed by atoms with Gasteiger partial charge in [-0.05, 0) is 30.3 Å². The first kappa shape index (κ1) is 18.6. The molecule has 144 valence electrons. The van der Waals surface area contributed by atoms with Gasteiger partial charge in [0.15, 0.2) is 11.5 Å². The van der Waals surface area contributed by atoms with E-state index in [4.69, 9.17) is 37.5 Å². The van der Waals surface area contributed by atoms with Crippen molar-refractivity contribution < 1.29 is 23.9 Å². The van der Waals surface area contributed by atoms with Crippen LogP contribution in [0.15, 0.2) is 41.6 Å². The summed E-state index contributed by atoms with van der Waals surface area (Å²) in [5.74, 6) is -1.07. The highest BCUT2D eigenvalue weighted by Crippen LogP contribution is 2.41. The zero-order valence-electron chi connectivity index (χ0n) is 14.8. The fraction of sp³-hybridized carbons (Fsp3) is 0.211. The summed E-state index contributed by atoms with van der Waals surface area (Å²) < 4.78 is 10.7. The van der Waals surface area contributed by atoms with Crippen LogP contribution in [0.25, 0.3) is 0 Å². The van der Waals surface area contributed by atoms with Crippen LogP contribution in [0.4, 0.5) is 5.69 Å². The minimum atomic E-state index is -1.06. The molecule has 2 atom stereocenters. The summed E-state index contributed by atoms with van der Waals surface area (Å²) in [5.41, 5.74) is 1.06. The van der Waals surface area contributed by atoms with Gasteiger partial charge >= 0.3 is 0 Å². The number of anilines is 1. The Kier molecular flexibility index (Phi) is 4.64. The predicted octanol–water partition coefficient (Wildman–Crippen LogP) is 3.30. The van der Waals surface area contributed by atoms with Gasteiger partial charge < -0.3 is 14.3 Å². The van der Waals surface area contributed by atoms with Gasteiger partial charge in [-0.1, -0.05) is 34.4 Å². The molecule has 2 aromatic rings. The number of carbonyl (C=O) groups is 2. The third-order valence-corrected chi connectivity index (χ3v) is 5.18. The number of oxime groups is 1. The monoisotopic (exact) mass is 420 g/mol. The van der Waals surface area contributed by atoms with Crippen molar-refractivity contribution in [3.8, 4) is 11.5 Å². The molecule has 0 N–H and O–H groups in total. The Labute approximate surface area is 170 Å². The van der Waals surface area contributed by atoms with E-state index in [1.165, 1.54) is 26.4 Å². The summed E-state index contributed by atoms with van der Waals surface area (Å²) in [7, 11) is 2.99. The van der Waals surface area contributed by atoms with Crippen LogP contribution in [0.5, 0.6) is 11.5 Å². The van der Waals surface area contributed by atoms with E-state index in [1.807, 2.05) is 0 Å². The summed E-state index contributed by atoms with van der Waals surface area (Å²) in [6.45, 7) is 0. The maximum Gasteiger partial charge on any atom is 0.279 e. The van der Waals surface area contributed by atoms with Crippen LogP contribution in [0.1, 0.15) is 5.56 Å². The van der Waals surface area contributed by atoms with Crippen molar-refractivity contribution in [2.24, 2.45) is 11.1 Å². The number of methoxy groups -OCH3 is 2. The fourth-order valence-electron chi connectivity index (χ4n) is 3.39. The molecule has 4 rings (SSSR count). The van der Waals surface area contributed by atoms with Gasteiger partial charge in [0.1, 0.15) is 11.6 Å². The number of amides is 2. The largest absolute Gasteiger partial charge is 0.493 e. The Bertz CT molecular complexity index is 1020. The number of para-hydroxylation sites is 1. The number of rotatable bonds is 4. The average molecular weight is 421 g/mol. The lowest BCUT2D eigenvalue weighted by Gasteiger charge is -2.17. The summed E-state index contributed by atoms with van der Waals surface area (Å²) in [6, 6.07) is 9.72. The maximum absolute atomic E-state index is 13.2. The summed E-state index contributed by atoms with van der Waals surface area (Å²) in [4.78, 5) is 32.3. The third kappa shape index (κ3) is 2.70. The quantitative estimate of drug-likeness (QED) is 0.709. The molecule has 2 amide bonds. The molecule has 0 saturated carbocycles. The standard InChI is InChI=1S/C19H14Cl2N2O5/c1-26-13-5-3-4-10(16(13)27-2)15-14-17(28-22-15)19(25)23(18(14)24)12-7-6-9(20)8-11(12)21/h3-8,14,17H,1-2H3/t14-,17-/m0/s1. The molecule has 0 aliphatic carbocycles. The first-order valence-electron chi connectivity index (χ1n) is 8.26. The Hall–Kier alpha value is -2.77. The lowest BCUT2D eigenvalue weighted by atomic mass is 9.93. The number of ether oxygens (including phenoxy) is 2. The van der Waals surface area contributed by atoms with Crippen molar-refractivity contribution >= 4 is 46.4 Å². The highest BCUT2D eigenvalue weighted by molar-refractivity contribution is 6.40. The number of benzene rings is 2. The van der Waals surface area contributed by atoms with E-state index in [1.54, 1.807) is 24.3 Å². The Morgan fingerprint density at radius 1 is 1.07 bits per heavy atom. The van der Waals surface area contributed by atoms with Crippen molar-refractivity contribution in [2.45, 2.75) is 6.10 Å². The van der Waals surface area contributed by atoms with Crippen LogP contribution in [-0.4, -0.2) is 37.8 Å². The highest BCUT2D eigenvalue weighted by atomic mass is 35.5. The van der Waals surface area contributed by atoms with E-state index in [-0.39, 0.29) is 10.7 Å². The summed E-state index contributed by atoms with van der Waals surface area (Å²) in [6.07, 6.45) is -1.06. The van der Waals surface area contributed by atoms with Crippen LogP contribution in [0, 0.1) is 5.92 Å². The number of nitrogens with zero attached hydrogens (tertiary/aromatic N) is 2. The van der Waals surface area contributed by atoms with Crippen molar-refractivity contribution in [1.29, 1.82) is 0 Å².